The second-order valence-corrected chi connectivity index (χ2v) is 6.39. The van der Waals surface area contributed by atoms with Gasteiger partial charge in [-0.15, -0.1) is 0 Å². The van der Waals surface area contributed by atoms with E-state index in [-0.39, 0.29) is 16.7 Å². The third-order valence-corrected chi connectivity index (χ3v) is 4.51. The summed E-state index contributed by atoms with van der Waals surface area (Å²) in [4.78, 5) is 2.70. The molecule has 0 saturated carbocycles. The van der Waals surface area contributed by atoms with Crippen LogP contribution in [0.5, 0.6) is 0 Å². The fourth-order valence-electron chi connectivity index (χ4n) is 2.73. The van der Waals surface area contributed by atoms with Gasteiger partial charge in [0, 0.05) is 24.0 Å². The fraction of sp³-hybridized carbons (Fsp3) is 0.600. The van der Waals surface area contributed by atoms with Crippen LogP contribution in [0.4, 0.5) is 13.2 Å². The minimum Gasteiger partial charge on any atom is -0.311 e. The first kappa shape index (κ1) is 16.6. The zero-order chi connectivity index (χ0) is 15.3. The van der Waals surface area contributed by atoms with Gasteiger partial charge in [-0.25, -0.2) is 0 Å². The van der Waals surface area contributed by atoms with Crippen molar-refractivity contribution in [3.05, 3.63) is 29.8 Å². The van der Waals surface area contributed by atoms with Crippen LogP contribution in [0.2, 0.25) is 0 Å². The van der Waals surface area contributed by atoms with Crippen LogP contribution in [0.15, 0.2) is 29.2 Å². The van der Waals surface area contributed by atoms with Crippen molar-refractivity contribution in [1.82, 2.24) is 10.2 Å². The molecule has 2 rings (SSSR count). The maximum atomic E-state index is 12.2. The Labute approximate surface area is 128 Å². The first-order valence-corrected chi connectivity index (χ1v) is 8.09. The Balaban J connectivity index is 1.76. The zero-order valence-electron chi connectivity index (χ0n) is 12.1. The molecule has 21 heavy (non-hydrogen) atoms. The van der Waals surface area contributed by atoms with Gasteiger partial charge in [0.05, 0.1) is 0 Å². The van der Waals surface area contributed by atoms with Gasteiger partial charge in [-0.05, 0) is 55.4 Å². The van der Waals surface area contributed by atoms with Gasteiger partial charge in [-0.3, -0.25) is 4.90 Å². The Kier molecular flexibility index (Phi) is 5.96. The summed E-state index contributed by atoms with van der Waals surface area (Å²) in [5, 5.41) is 3.40. The predicted molar refractivity (Wildman–Crippen MR) is 80.3 cm³/mol. The summed E-state index contributed by atoms with van der Waals surface area (Å²) in [5.41, 5.74) is -3.20. The molecule has 0 aromatic heterocycles. The van der Waals surface area contributed by atoms with Crippen LogP contribution in [0.25, 0.3) is 0 Å². The van der Waals surface area contributed by atoms with Crippen molar-refractivity contribution in [3.8, 4) is 0 Å². The van der Waals surface area contributed by atoms with Crippen LogP contribution in [-0.4, -0.2) is 36.1 Å². The van der Waals surface area contributed by atoms with E-state index in [2.05, 4.69) is 17.1 Å². The van der Waals surface area contributed by atoms with E-state index < -0.39 is 5.51 Å². The molecular weight excluding hydrogens is 297 g/mol. The molecule has 1 aliphatic rings. The Morgan fingerprint density at radius 2 is 2.00 bits per heavy atom. The normalized spacial score (nSPS) is 20.1. The first-order valence-electron chi connectivity index (χ1n) is 7.27. The van der Waals surface area contributed by atoms with Crippen molar-refractivity contribution in [1.29, 1.82) is 0 Å². The number of hydrogen-bond donors (Lipinski definition) is 1. The molecule has 118 valence electrons. The number of benzene rings is 1. The number of alkyl halides is 3. The molecule has 0 aliphatic carbocycles. The van der Waals surface area contributed by atoms with Crippen molar-refractivity contribution in [2.24, 2.45) is 0 Å². The van der Waals surface area contributed by atoms with Crippen LogP contribution < -0.4 is 5.32 Å². The summed E-state index contributed by atoms with van der Waals surface area (Å²) in [6.07, 6.45) is 2.48. The SMILES string of the molecule is CCN1CCCC1CNCc1ccc(SC(F)(F)F)cc1. The zero-order valence-corrected chi connectivity index (χ0v) is 12.9. The third kappa shape index (κ3) is 5.52. The van der Waals surface area contributed by atoms with Crippen LogP contribution in [-0.2, 0) is 6.54 Å². The number of hydrogen-bond acceptors (Lipinski definition) is 3. The summed E-state index contributed by atoms with van der Waals surface area (Å²) in [6, 6.07) is 7.17. The van der Waals surface area contributed by atoms with Gasteiger partial charge in [-0.1, -0.05) is 19.1 Å². The molecule has 0 radical (unpaired) electrons. The van der Waals surface area contributed by atoms with Gasteiger partial charge in [0.1, 0.15) is 0 Å². The van der Waals surface area contributed by atoms with E-state index in [1.165, 1.54) is 31.5 Å². The molecule has 1 saturated heterocycles. The molecule has 1 N–H and O–H groups in total. The molecule has 1 heterocycles. The van der Waals surface area contributed by atoms with Gasteiger partial charge in [-0.2, -0.15) is 13.2 Å². The summed E-state index contributed by atoms with van der Waals surface area (Å²) in [6.45, 7) is 6.06. The summed E-state index contributed by atoms with van der Waals surface area (Å²) in [7, 11) is 0. The van der Waals surface area contributed by atoms with Crippen LogP contribution >= 0.6 is 11.8 Å². The molecule has 1 aliphatic heterocycles. The molecule has 1 aromatic carbocycles. The minimum atomic E-state index is -4.22. The van der Waals surface area contributed by atoms with Crippen molar-refractivity contribution >= 4 is 11.8 Å². The molecule has 6 heteroatoms. The molecule has 1 aromatic rings. The van der Waals surface area contributed by atoms with Crippen molar-refractivity contribution < 1.29 is 13.2 Å². The molecule has 0 bridgehead atoms. The Hall–Kier alpha value is -0.720. The van der Waals surface area contributed by atoms with Gasteiger partial charge >= 0.3 is 5.51 Å². The van der Waals surface area contributed by atoms with Gasteiger partial charge < -0.3 is 5.32 Å². The topological polar surface area (TPSA) is 15.3 Å². The molecular formula is C15H21F3N2S. The van der Waals surface area contributed by atoms with Crippen LogP contribution in [0, 0.1) is 0 Å². The summed E-state index contributed by atoms with van der Waals surface area (Å²) >= 11 is -0.0701. The Bertz CT molecular complexity index is 434. The summed E-state index contributed by atoms with van der Waals surface area (Å²) in [5.74, 6) is 0. The highest BCUT2D eigenvalue weighted by atomic mass is 32.2. The van der Waals surface area contributed by atoms with Crippen molar-refractivity contribution in [3.63, 3.8) is 0 Å². The number of likely N-dealkylation sites (N-methyl/N-ethyl adjacent to an activating group) is 1. The highest BCUT2D eigenvalue weighted by Gasteiger charge is 2.29. The molecule has 1 fully saturated rings. The van der Waals surface area contributed by atoms with E-state index in [9.17, 15) is 13.2 Å². The molecule has 2 nitrogen and oxygen atoms in total. The highest BCUT2D eigenvalue weighted by Crippen LogP contribution is 2.36. The average Bonchev–Trinajstić information content (AvgIpc) is 2.86. The largest absolute Gasteiger partial charge is 0.446 e. The number of likely N-dealkylation sites (tertiary alicyclic amines) is 1. The smallest absolute Gasteiger partial charge is 0.311 e. The second-order valence-electron chi connectivity index (χ2n) is 5.25. The van der Waals surface area contributed by atoms with Crippen molar-refractivity contribution in [2.45, 2.75) is 42.8 Å². The van der Waals surface area contributed by atoms with Gasteiger partial charge in [0.25, 0.3) is 0 Å². The average molecular weight is 318 g/mol. The van der Waals surface area contributed by atoms with E-state index in [1.807, 2.05) is 0 Å². The van der Waals surface area contributed by atoms with E-state index in [0.717, 1.165) is 18.7 Å². The number of rotatable bonds is 6. The standard InChI is InChI=1S/C15H21F3N2S/c1-2-20-9-3-4-13(20)11-19-10-12-5-7-14(8-6-12)21-15(16,17)18/h5-8,13,19H,2-4,9-11H2,1H3. The quantitative estimate of drug-likeness (QED) is 0.802. The van der Waals surface area contributed by atoms with Crippen LogP contribution in [0.1, 0.15) is 25.3 Å². The number of thioether (sulfide) groups is 1. The fourth-order valence-corrected chi connectivity index (χ4v) is 3.27. The maximum absolute atomic E-state index is 12.2. The minimum absolute atomic E-state index is 0.0701. The van der Waals surface area contributed by atoms with E-state index in [0.29, 0.717) is 12.6 Å². The van der Waals surface area contributed by atoms with E-state index in [1.54, 1.807) is 12.1 Å². The monoisotopic (exact) mass is 318 g/mol. The molecule has 1 unspecified atom stereocenters. The maximum Gasteiger partial charge on any atom is 0.446 e. The lowest BCUT2D eigenvalue weighted by Gasteiger charge is -2.23. The molecule has 0 amide bonds. The molecule has 0 spiro atoms. The Morgan fingerprint density at radius 3 is 2.62 bits per heavy atom. The lowest BCUT2D eigenvalue weighted by Crippen LogP contribution is -2.37. The number of halogens is 3. The van der Waals surface area contributed by atoms with Crippen LogP contribution in [0.3, 0.4) is 0 Å². The summed E-state index contributed by atoms with van der Waals surface area (Å²) < 4.78 is 36.7. The van der Waals surface area contributed by atoms with Gasteiger partial charge in [0.2, 0.25) is 0 Å². The predicted octanol–water partition coefficient (Wildman–Crippen LogP) is 3.87. The lowest BCUT2D eigenvalue weighted by atomic mass is 10.2. The van der Waals surface area contributed by atoms with E-state index in [4.69, 9.17) is 0 Å². The highest BCUT2D eigenvalue weighted by molar-refractivity contribution is 8.00. The third-order valence-electron chi connectivity index (χ3n) is 3.77. The Morgan fingerprint density at radius 1 is 1.29 bits per heavy atom. The lowest BCUT2D eigenvalue weighted by molar-refractivity contribution is -0.0328. The number of nitrogens with one attached hydrogen (secondary N) is 1. The number of nitrogens with zero attached hydrogens (tertiary/aromatic N) is 1. The van der Waals surface area contributed by atoms with E-state index >= 15 is 0 Å². The van der Waals surface area contributed by atoms with Crippen molar-refractivity contribution in [2.75, 3.05) is 19.6 Å². The second kappa shape index (κ2) is 7.51. The molecule has 1 atom stereocenters. The first-order chi connectivity index (χ1) is 9.98. The van der Waals surface area contributed by atoms with Gasteiger partial charge in [0.15, 0.2) is 0 Å².